The Kier molecular flexibility index (Phi) is 9.44. The molecule has 0 fully saturated rings. The van der Waals surface area contributed by atoms with Crippen molar-refractivity contribution in [1.82, 2.24) is 9.71 Å². The lowest BCUT2D eigenvalue weighted by atomic mass is 10.1. The van der Waals surface area contributed by atoms with Crippen LogP contribution in [-0.4, -0.2) is 31.0 Å². The van der Waals surface area contributed by atoms with Gasteiger partial charge in [-0.25, -0.2) is 22.9 Å². The van der Waals surface area contributed by atoms with Crippen LogP contribution in [0.2, 0.25) is 5.02 Å². The highest BCUT2D eigenvalue weighted by Crippen LogP contribution is 2.34. The predicted molar refractivity (Wildman–Crippen MR) is 167 cm³/mol. The van der Waals surface area contributed by atoms with Crippen molar-refractivity contribution in [3.05, 3.63) is 137 Å². The van der Waals surface area contributed by atoms with Crippen LogP contribution in [0.3, 0.4) is 0 Å². The van der Waals surface area contributed by atoms with Crippen molar-refractivity contribution in [1.29, 1.82) is 0 Å². The second kappa shape index (κ2) is 13.4. The number of carboxylic acids is 1. The van der Waals surface area contributed by atoms with Crippen LogP contribution in [0.25, 0.3) is 10.9 Å². The molecule has 1 unspecified atom stereocenters. The smallest absolute Gasteiger partial charge is 0.335 e. The molecule has 5 rings (SSSR count). The number of carboxylic acid groups (broad SMARTS) is 1. The summed E-state index contributed by atoms with van der Waals surface area (Å²) >= 11 is 7.44. The third-order valence-electron chi connectivity index (χ3n) is 6.48. The Balaban J connectivity index is 1.34. The van der Waals surface area contributed by atoms with Crippen LogP contribution in [0.4, 0.5) is 0 Å². The molecule has 0 radical (unpaired) electrons. The average Bonchev–Trinajstić information content (AvgIpc) is 3.00. The fraction of sp³-hybridized carbons (Fsp3) is 0.125. The molecule has 0 saturated carbocycles. The first-order chi connectivity index (χ1) is 20.3. The van der Waals surface area contributed by atoms with E-state index in [2.05, 4.69) is 9.71 Å². The molecule has 1 atom stereocenters. The normalized spacial score (nSPS) is 12.2. The first-order valence-electron chi connectivity index (χ1n) is 13.0. The number of hydrogen-bond acceptors (Lipinski definition) is 6. The van der Waals surface area contributed by atoms with Crippen molar-refractivity contribution in [3.63, 3.8) is 0 Å². The third kappa shape index (κ3) is 7.68. The molecule has 0 amide bonds. The number of carbonyl (C=O) groups is 1. The van der Waals surface area contributed by atoms with Gasteiger partial charge in [-0.2, -0.15) is 0 Å². The highest BCUT2D eigenvalue weighted by atomic mass is 35.5. The number of para-hydroxylation sites is 1. The number of rotatable bonds is 12. The molecule has 5 aromatic rings. The van der Waals surface area contributed by atoms with Gasteiger partial charge in [0.2, 0.25) is 10.0 Å². The van der Waals surface area contributed by atoms with Crippen molar-refractivity contribution in [2.24, 2.45) is 0 Å². The van der Waals surface area contributed by atoms with Crippen molar-refractivity contribution in [2.75, 3.05) is 6.54 Å². The van der Waals surface area contributed by atoms with Gasteiger partial charge in [0, 0.05) is 28.0 Å². The van der Waals surface area contributed by atoms with Gasteiger partial charge < -0.3 is 9.84 Å². The standard InChI is InChI=1S/C32H27ClN2O5S2/c33-26-12-15-29(16-13-26)42(38,39)34-19-31(41-21-22-5-3-8-25(17-22)32(36)37)24-7-4-9-28(18-24)40-20-27-14-11-23-6-1-2-10-30(23)35-27/h1-18,31,34H,19-21H2,(H,36,37). The molecule has 0 aliphatic carbocycles. The van der Waals surface area contributed by atoms with Crippen LogP contribution in [0.15, 0.2) is 114 Å². The molecule has 0 saturated heterocycles. The van der Waals surface area contributed by atoms with Gasteiger partial charge in [-0.1, -0.05) is 60.1 Å². The number of nitrogens with zero attached hydrogens (tertiary/aromatic N) is 1. The number of fused-ring (bicyclic) bond motifs is 1. The molecule has 0 bridgehead atoms. The molecule has 1 heterocycles. The first kappa shape index (κ1) is 29.6. The molecular formula is C32H27ClN2O5S2. The van der Waals surface area contributed by atoms with Crippen LogP contribution >= 0.6 is 23.4 Å². The van der Waals surface area contributed by atoms with Crippen LogP contribution in [-0.2, 0) is 22.4 Å². The second-order valence-electron chi connectivity index (χ2n) is 9.47. The van der Waals surface area contributed by atoms with E-state index in [1.54, 1.807) is 18.2 Å². The van der Waals surface area contributed by atoms with Gasteiger partial charge in [-0.15, -0.1) is 11.8 Å². The number of pyridine rings is 1. The SMILES string of the molecule is O=C(O)c1cccc(CSC(CNS(=O)(=O)c2ccc(Cl)cc2)c2cccc(OCc3ccc4ccccc4n3)c2)c1. The van der Waals surface area contributed by atoms with Gasteiger partial charge in [-0.3, -0.25) is 0 Å². The molecule has 0 aliphatic heterocycles. The molecule has 214 valence electrons. The Morgan fingerprint density at radius 2 is 1.71 bits per heavy atom. The Morgan fingerprint density at radius 3 is 2.52 bits per heavy atom. The molecule has 0 aliphatic rings. The maximum atomic E-state index is 13.0. The van der Waals surface area contributed by atoms with Crippen LogP contribution in [0.5, 0.6) is 5.75 Å². The zero-order chi connectivity index (χ0) is 29.5. The number of aromatic carboxylic acids is 1. The number of ether oxygens (including phenoxy) is 1. The van der Waals surface area contributed by atoms with E-state index in [9.17, 15) is 18.3 Å². The average molecular weight is 619 g/mol. The van der Waals surface area contributed by atoms with Gasteiger partial charge >= 0.3 is 5.97 Å². The molecular weight excluding hydrogens is 592 g/mol. The number of halogens is 1. The van der Waals surface area contributed by atoms with E-state index in [4.69, 9.17) is 16.3 Å². The Bertz CT molecular complexity index is 1810. The summed E-state index contributed by atoms with van der Waals surface area (Å²) in [5.41, 5.74) is 3.56. The highest BCUT2D eigenvalue weighted by molar-refractivity contribution is 7.98. The van der Waals surface area contributed by atoms with Crippen molar-refractivity contribution in [2.45, 2.75) is 22.5 Å². The first-order valence-corrected chi connectivity index (χ1v) is 15.9. The summed E-state index contributed by atoms with van der Waals surface area (Å²) in [6, 6.07) is 32.0. The van der Waals surface area contributed by atoms with E-state index in [0.717, 1.165) is 27.7 Å². The number of hydrogen-bond donors (Lipinski definition) is 2. The lowest BCUT2D eigenvalue weighted by Gasteiger charge is -2.19. The molecule has 2 N–H and O–H groups in total. The van der Waals surface area contributed by atoms with Crippen molar-refractivity contribution in [3.8, 4) is 5.75 Å². The van der Waals surface area contributed by atoms with E-state index in [0.29, 0.717) is 16.5 Å². The number of aromatic nitrogens is 1. The molecule has 1 aromatic heterocycles. The second-order valence-corrected chi connectivity index (χ2v) is 12.9. The van der Waals surface area contributed by atoms with Gasteiger partial charge in [0.25, 0.3) is 0 Å². The summed E-state index contributed by atoms with van der Waals surface area (Å²) in [5.74, 6) is 0.0990. The molecule has 42 heavy (non-hydrogen) atoms. The quantitative estimate of drug-likeness (QED) is 0.153. The topological polar surface area (TPSA) is 106 Å². The van der Waals surface area contributed by atoms with E-state index in [1.807, 2.05) is 66.7 Å². The minimum absolute atomic E-state index is 0.101. The number of thioether (sulfide) groups is 1. The Hall–Kier alpha value is -3.89. The lowest BCUT2D eigenvalue weighted by Crippen LogP contribution is -2.27. The summed E-state index contributed by atoms with van der Waals surface area (Å²) in [4.78, 5) is 16.2. The zero-order valence-electron chi connectivity index (χ0n) is 22.3. The van der Waals surface area contributed by atoms with Crippen molar-refractivity contribution < 1.29 is 23.1 Å². The Morgan fingerprint density at radius 1 is 0.929 bits per heavy atom. The van der Waals surface area contributed by atoms with Crippen LogP contribution in [0.1, 0.15) is 32.4 Å². The predicted octanol–water partition coefficient (Wildman–Crippen LogP) is 7.12. The van der Waals surface area contributed by atoms with Gasteiger partial charge in [-0.05, 0) is 71.8 Å². The largest absolute Gasteiger partial charge is 0.487 e. The van der Waals surface area contributed by atoms with Crippen molar-refractivity contribution >= 4 is 50.3 Å². The fourth-order valence-corrected chi connectivity index (χ4v) is 6.69. The van der Waals surface area contributed by atoms with E-state index in [-0.39, 0.29) is 28.9 Å². The molecule has 10 heteroatoms. The number of benzene rings is 4. The summed E-state index contributed by atoms with van der Waals surface area (Å²) in [7, 11) is -3.79. The summed E-state index contributed by atoms with van der Waals surface area (Å²) in [6.07, 6.45) is 0. The third-order valence-corrected chi connectivity index (χ3v) is 9.51. The fourth-order valence-electron chi connectivity index (χ4n) is 4.30. The lowest BCUT2D eigenvalue weighted by molar-refractivity contribution is 0.0696. The maximum absolute atomic E-state index is 13.0. The number of nitrogens with one attached hydrogen (secondary N) is 1. The zero-order valence-corrected chi connectivity index (χ0v) is 24.7. The molecule has 4 aromatic carbocycles. The van der Waals surface area contributed by atoms with E-state index >= 15 is 0 Å². The van der Waals surface area contributed by atoms with Gasteiger partial charge in [0.05, 0.1) is 21.7 Å². The number of sulfonamides is 1. The monoisotopic (exact) mass is 618 g/mol. The summed E-state index contributed by atoms with van der Waals surface area (Å²) in [5, 5.41) is 10.6. The van der Waals surface area contributed by atoms with Crippen LogP contribution < -0.4 is 9.46 Å². The van der Waals surface area contributed by atoms with Crippen LogP contribution in [0, 0.1) is 0 Å². The molecule has 0 spiro atoms. The maximum Gasteiger partial charge on any atom is 0.335 e. The van der Waals surface area contributed by atoms with Gasteiger partial charge in [0.15, 0.2) is 0 Å². The summed E-state index contributed by atoms with van der Waals surface area (Å²) < 4.78 is 34.9. The highest BCUT2D eigenvalue weighted by Gasteiger charge is 2.20. The van der Waals surface area contributed by atoms with Gasteiger partial charge in [0.1, 0.15) is 12.4 Å². The van der Waals surface area contributed by atoms with E-state index in [1.165, 1.54) is 36.0 Å². The molecule has 7 nitrogen and oxygen atoms in total. The van der Waals surface area contributed by atoms with E-state index < -0.39 is 16.0 Å². The minimum atomic E-state index is -3.79. The minimum Gasteiger partial charge on any atom is -0.487 e. The summed E-state index contributed by atoms with van der Waals surface area (Å²) in [6.45, 7) is 0.376. The Labute approximate surface area is 253 Å².